The number of carboxylic acid groups (broad SMARTS) is 1. The van der Waals surface area contributed by atoms with Crippen molar-refractivity contribution < 1.29 is 19.6 Å². The molecule has 0 radical (unpaired) electrons. The zero-order valence-electron chi connectivity index (χ0n) is 16.3. The second-order valence-electron chi connectivity index (χ2n) is 8.05. The van der Waals surface area contributed by atoms with Crippen LogP contribution in [0.5, 0.6) is 0 Å². The molecule has 2 aliphatic heterocycles. The zero-order chi connectivity index (χ0) is 20.4. The molecule has 0 aliphatic carbocycles. The maximum Gasteiger partial charge on any atom is 0.308 e. The smallest absolute Gasteiger partial charge is 0.308 e. The Kier molecular flexibility index (Phi) is 5.86. The second kappa shape index (κ2) is 8.16. The number of carbonyl (C=O) groups excluding carboxylic acids is 1. The maximum absolute atomic E-state index is 13.0. The number of nitrogens with zero attached hydrogens (tertiary/aromatic N) is 3. The van der Waals surface area contributed by atoms with E-state index in [2.05, 4.69) is 6.92 Å². The van der Waals surface area contributed by atoms with Gasteiger partial charge in [-0.05, 0) is 50.7 Å². The molecule has 8 heteroatoms. The summed E-state index contributed by atoms with van der Waals surface area (Å²) in [6.45, 7) is 5.72. The van der Waals surface area contributed by atoms with Crippen LogP contribution in [-0.4, -0.2) is 52.5 Å². The first-order chi connectivity index (χ1) is 13.3. The highest BCUT2D eigenvalue weighted by Crippen LogP contribution is 2.33. The average Bonchev–Trinajstić information content (AvgIpc) is 2.67. The van der Waals surface area contributed by atoms with Crippen molar-refractivity contribution in [1.82, 2.24) is 4.90 Å². The molecule has 1 aromatic carbocycles. The molecular weight excluding hydrogens is 362 g/mol. The first kappa shape index (κ1) is 20.1. The Labute approximate surface area is 164 Å². The van der Waals surface area contributed by atoms with E-state index >= 15 is 0 Å². The minimum absolute atomic E-state index is 0.0696. The van der Waals surface area contributed by atoms with Gasteiger partial charge in [-0.25, -0.2) is 0 Å². The van der Waals surface area contributed by atoms with E-state index in [1.165, 1.54) is 11.0 Å². The number of nitro groups is 1. The van der Waals surface area contributed by atoms with Gasteiger partial charge < -0.3 is 14.9 Å². The summed E-state index contributed by atoms with van der Waals surface area (Å²) in [5.74, 6) is -1.24. The highest BCUT2D eigenvalue weighted by molar-refractivity contribution is 5.96. The lowest BCUT2D eigenvalue weighted by Crippen LogP contribution is -2.47. The second-order valence-corrected chi connectivity index (χ2v) is 8.05. The summed E-state index contributed by atoms with van der Waals surface area (Å²) >= 11 is 0. The van der Waals surface area contributed by atoms with Crippen LogP contribution < -0.4 is 4.90 Å². The van der Waals surface area contributed by atoms with Crippen molar-refractivity contribution in [2.24, 2.45) is 11.8 Å². The summed E-state index contributed by atoms with van der Waals surface area (Å²) < 4.78 is 0. The monoisotopic (exact) mass is 389 g/mol. The van der Waals surface area contributed by atoms with E-state index in [4.69, 9.17) is 0 Å². The van der Waals surface area contributed by atoms with E-state index in [-0.39, 0.29) is 29.7 Å². The summed E-state index contributed by atoms with van der Waals surface area (Å²) in [4.78, 5) is 39.1. The van der Waals surface area contributed by atoms with E-state index in [0.29, 0.717) is 24.4 Å². The minimum atomic E-state index is -0.912. The standard InChI is InChI=1S/C20H27N3O5/c1-13-7-9-21(10-8-13)17-6-5-15(11-18(17)23(27)28)19(24)22-12-16(20(25)26)4-3-14(22)2/h5-6,11,13-14,16H,3-4,7-10,12H2,1-2H3,(H,25,26). The quantitative estimate of drug-likeness (QED) is 0.627. The first-order valence-electron chi connectivity index (χ1n) is 9.85. The highest BCUT2D eigenvalue weighted by atomic mass is 16.6. The van der Waals surface area contributed by atoms with Crippen molar-refractivity contribution >= 4 is 23.3 Å². The molecule has 2 fully saturated rings. The molecule has 152 valence electrons. The van der Waals surface area contributed by atoms with Crippen molar-refractivity contribution in [3.8, 4) is 0 Å². The number of amides is 1. The topological polar surface area (TPSA) is 104 Å². The molecule has 3 rings (SSSR count). The number of piperidine rings is 2. The van der Waals surface area contributed by atoms with Gasteiger partial charge >= 0.3 is 5.97 Å². The molecule has 8 nitrogen and oxygen atoms in total. The lowest BCUT2D eigenvalue weighted by atomic mass is 9.92. The van der Waals surface area contributed by atoms with Crippen molar-refractivity contribution in [2.75, 3.05) is 24.5 Å². The molecule has 2 heterocycles. The van der Waals surface area contributed by atoms with Gasteiger partial charge in [0.05, 0.1) is 10.8 Å². The number of hydrogen-bond donors (Lipinski definition) is 1. The summed E-state index contributed by atoms with van der Waals surface area (Å²) in [5.41, 5.74) is 0.710. The molecule has 0 saturated carbocycles. The van der Waals surface area contributed by atoms with Crippen molar-refractivity contribution in [2.45, 2.75) is 45.6 Å². The molecule has 0 bridgehead atoms. The Morgan fingerprint density at radius 2 is 1.82 bits per heavy atom. The number of benzene rings is 1. The SMILES string of the molecule is CC1CCN(c2ccc(C(=O)N3CC(C(=O)O)CCC3C)cc2[N+](=O)[O-])CC1. The van der Waals surface area contributed by atoms with Gasteiger partial charge in [-0.15, -0.1) is 0 Å². The van der Waals surface area contributed by atoms with Crippen LogP contribution in [0, 0.1) is 22.0 Å². The largest absolute Gasteiger partial charge is 0.481 e. The van der Waals surface area contributed by atoms with E-state index in [9.17, 15) is 24.8 Å². The minimum Gasteiger partial charge on any atom is -0.481 e. The number of carbonyl (C=O) groups is 2. The van der Waals surface area contributed by atoms with Gasteiger partial charge in [0.1, 0.15) is 5.69 Å². The third-order valence-electron chi connectivity index (χ3n) is 6.04. The fourth-order valence-electron chi connectivity index (χ4n) is 4.08. The van der Waals surface area contributed by atoms with Gasteiger partial charge in [-0.2, -0.15) is 0 Å². The molecule has 2 unspecified atom stereocenters. The number of likely N-dealkylation sites (tertiary alicyclic amines) is 1. The number of anilines is 1. The zero-order valence-corrected chi connectivity index (χ0v) is 16.3. The van der Waals surface area contributed by atoms with E-state index < -0.39 is 16.8 Å². The van der Waals surface area contributed by atoms with Crippen LogP contribution in [0.3, 0.4) is 0 Å². The molecular formula is C20H27N3O5. The molecule has 1 amide bonds. The van der Waals surface area contributed by atoms with Crippen LogP contribution in [0.2, 0.25) is 0 Å². The Morgan fingerprint density at radius 1 is 1.14 bits per heavy atom. The predicted octanol–water partition coefficient (Wildman–Crippen LogP) is 3.16. The normalized spacial score (nSPS) is 23.5. The molecule has 0 spiro atoms. The van der Waals surface area contributed by atoms with Crippen LogP contribution >= 0.6 is 0 Å². The number of nitro benzene ring substituents is 1. The summed E-state index contributed by atoms with van der Waals surface area (Å²) in [6, 6.07) is 4.53. The van der Waals surface area contributed by atoms with Crippen molar-refractivity contribution in [3.05, 3.63) is 33.9 Å². The molecule has 2 saturated heterocycles. The number of aliphatic carboxylic acids is 1. The molecule has 1 aromatic rings. The van der Waals surface area contributed by atoms with Crippen molar-refractivity contribution in [3.63, 3.8) is 0 Å². The lowest BCUT2D eigenvalue weighted by Gasteiger charge is -2.36. The Morgan fingerprint density at radius 3 is 2.43 bits per heavy atom. The summed E-state index contributed by atoms with van der Waals surface area (Å²) in [5, 5.41) is 20.9. The van der Waals surface area contributed by atoms with Gasteiger partial charge in [0.15, 0.2) is 0 Å². The highest BCUT2D eigenvalue weighted by Gasteiger charge is 2.34. The molecule has 2 aliphatic rings. The number of rotatable bonds is 4. The lowest BCUT2D eigenvalue weighted by molar-refractivity contribution is -0.384. The van der Waals surface area contributed by atoms with Crippen LogP contribution in [-0.2, 0) is 4.79 Å². The van der Waals surface area contributed by atoms with Crippen LogP contribution in [0.15, 0.2) is 18.2 Å². The summed E-state index contributed by atoms with van der Waals surface area (Å²) in [6.07, 6.45) is 3.11. The fourth-order valence-corrected chi connectivity index (χ4v) is 4.08. The van der Waals surface area contributed by atoms with Gasteiger partial charge in [-0.3, -0.25) is 19.7 Å². The van der Waals surface area contributed by atoms with Gasteiger partial charge in [0.2, 0.25) is 0 Å². The molecule has 28 heavy (non-hydrogen) atoms. The van der Waals surface area contributed by atoms with Gasteiger partial charge in [-0.1, -0.05) is 6.92 Å². The van der Waals surface area contributed by atoms with Crippen LogP contribution in [0.25, 0.3) is 0 Å². The summed E-state index contributed by atoms with van der Waals surface area (Å²) in [7, 11) is 0. The Bertz CT molecular complexity index is 773. The Hall–Kier alpha value is -2.64. The van der Waals surface area contributed by atoms with Crippen LogP contribution in [0.4, 0.5) is 11.4 Å². The predicted molar refractivity (Wildman–Crippen MR) is 105 cm³/mol. The maximum atomic E-state index is 13.0. The van der Waals surface area contributed by atoms with E-state index in [1.807, 2.05) is 11.8 Å². The average molecular weight is 389 g/mol. The van der Waals surface area contributed by atoms with Crippen LogP contribution in [0.1, 0.15) is 49.9 Å². The number of hydrogen-bond acceptors (Lipinski definition) is 5. The van der Waals surface area contributed by atoms with E-state index in [1.54, 1.807) is 12.1 Å². The molecule has 1 N–H and O–H groups in total. The first-order valence-corrected chi connectivity index (χ1v) is 9.85. The van der Waals surface area contributed by atoms with E-state index in [0.717, 1.165) is 25.9 Å². The number of carboxylic acids is 1. The fraction of sp³-hybridized carbons (Fsp3) is 0.600. The third-order valence-corrected chi connectivity index (χ3v) is 6.04. The van der Waals surface area contributed by atoms with Gasteiger partial charge in [0.25, 0.3) is 11.6 Å². The third kappa shape index (κ3) is 4.10. The van der Waals surface area contributed by atoms with Crippen molar-refractivity contribution in [1.29, 1.82) is 0 Å². The Balaban J connectivity index is 1.85. The van der Waals surface area contributed by atoms with Gasteiger partial charge in [0, 0.05) is 37.3 Å². The molecule has 2 atom stereocenters. The molecule has 0 aromatic heterocycles.